The molecule has 10 atom stereocenters. The van der Waals surface area contributed by atoms with Gasteiger partial charge in [0, 0.05) is 19.5 Å². The van der Waals surface area contributed by atoms with Gasteiger partial charge in [0.2, 0.25) is 5.91 Å². The lowest BCUT2D eigenvalue weighted by atomic mass is 9.43. The van der Waals surface area contributed by atoms with E-state index in [2.05, 4.69) is 31.0 Å². The molecule has 6 unspecified atom stereocenters. The normalized spacial score (nSPS) is 46.5. The topological polar surface area (TPSA) is 72.8 Å². The minimum atomic E-state index is -0.236. The van der Waals surface area contributed by atoms with Gasteiger partial charge in [0.1, 0.15) is 0 Å². The molecule has 1 saturated heterocycles. The summed E-state index contributed by atoms with van der Waals surface area (Å²) in [7, 11) is 0. The predicted molar refractivity (Wildman–Crippen MR) is 140 cm³/mol. The van der Waals surface area contributed by atoms with E-state index >= 15 is 0 Å². The van der Waals surface area contributed by atoms with Gasteiger partial charge in [-0.05, 0) is 130 Å². The first-order valence-corrected chi connectivity index (χ1v) is 15.1. The molecule has 200 valence electrons. The lowest BCUT2D eigenvalue weighted by molar-refractivity contribution is -0.174. The van der Waals surface area contributed by atoms with E-state index in [-0.39, 0.29) is 23.5 Å². The number of amides is 1. The molecule has 4 saturated carbocycles. The Morgan fingerprint density at radius 2 is 1.80 bits per heavy atom. The van der Waals surface area contributed by atoms with Crippen molar-refractivity contribution in [2.24, 2.45) is 46.3 Å². The number of hydrogen-bond donors (Lipinski definition) is 3. The van der Waals surface area contributed by atoms with Crippen molar-refractivity contribution in [1.29, 1.82) is 0 Å². The summed E-state index contributed by atoms with van der Waals surface area (Å²) >= 11 is 0. The lowest BCUT2D eigenvalue weighted by Gasteiger charge is -2.62. The van der Waals surface area contributed by atoms with Crippen LogP contribution in [0.2, 0.25) is 0 Å². The van der Waals surface area contributed by atoms with Gasteiger partial charge < -0.3 is 20.4 Å². The fourth-order valence-corrected chi connectivity index (χ4v) is 10.2. The van der Waals surface area contributed by atoms with Crippen LogP contribution in [0.15, 0.2) is 0 Å². The molecule has 1 aliphatic heterocycles. The summed E-state index contributed by atoms with van der Waals surface area (Å²) in [5.41, 5.74) is 0.283. The van der Waals surface area contributed by atoms with E-state index in [9.17, 15) is 15.0 Å². The molecular formula is C30H52N2O3. The average molecular weight is 489 g/mol. The zero-order valence-electron chi connectivity index (χ0n) is 22.7. The fraction of sp³-hybridized carbons (Fsp3) is 0.967. The Labute approximate surface area is 213 Å². The van der Waals surface area contributed by atoms with Crippen LogP contribution in [-0.4, -0.2) is 59.4 Å². The first-order valence-electron chi connectivity index (χ1n) is 15.1. The smallest absolute Gasteiger partial charge is 0.220 e. The van der Waals surface area contributed by atoms with E-state index in [1.54, 1.807) is 0 Å². The highest BCUT2D eigenvalue weighted by Crippen LogP contribution is 2.68. The van der Waals surface area contributed by atoms with Gasteiger partial charge in [-0.15, -0.1) is 0 Å². The summed E-state index contributed by atoms with van der Waals surface area (Å²) in [4.78, 5) is 15.0. The maximum atomic E-state index is 12.5. The van der Waals surface area contributed by atoms with Crippen LogP contribution in [0.1, 0.15) is 97.8 Å². The molecule has 5 fully saturated rings. The molecule has 1 heterocycles. The average Bonchev–Trinajstić information content (AvgIpc) is 3.47. The van der Waals surface area contributed by atoms with Gasteiger partial charge in [0.05, 0.1) is 12.2 Å². The zero-order chi connectivity index (χ0) is 24.8. The molecule has 5 aliphatic rings. The van der Waals surface area contributed by atoms with Crippen LogP contribution in [0, 0.1) is 46.3 Å². The second-order valence-corrected chi connectivity index (χ2v) is 13.8. The number of carbonyl (C=O) groups is 1. The molecule has 0 aromatic rings. The molecule has 0 radical (unpaired) electrons. The maximum absolute atomic E-state index is 12.5. The highest BCUT2D eigenvalue weighted by atomic mass is 16.3. The summed E-state index contributed by atoms with van der Waals surface area (Å²) in [6.45, 7) is 11.4. The highest BCUT2D eigenvalue weighted by Gasteiger charge is 2.63. The van der Waals surface area contributed by atoms with Crippen molar-refractivity contribution in [3.8, 4) is 0 Å². The van der Waals surface area contributed by atoms with Crippen molar-refractivity contribution < 1.29 is 15.0 Å². The minimum absolute atomic E-state index is 0.00973. The predicted octanol–water partition coefficient (Wildman–Crippen LogP) is 4.61. The largest absolute Gasteiger partial charge is 0.393 e. The molecule has 3 N–H and O–H groups in total. The molecule has 4 aliphatic carbocycles. The third-order valence-corrected chi connectivity index (χ3v) is 12.3. The second kappa shape index (κ2) is 10.3. The molecule has 5 rings (SSSR count). The number of nitrogens with zero attached hydrogens (tertiary/aromatic N) is 1. The number of aliphatic hydroxyl groups excluding tert-OH is 2. The number of fused-ring (bicyclic) bond motifs is 5. The molecule has 5 nitrogen and oxygen atoms in total. The van der Waals surface area contributed by atoms with Gasteiger partial charge in [-0.25, -0.2) is 0 Å². The SMILES string of the molecule is CC(CCC(=O)NCCN1CCCC1)C1CCC2C3CCC4C[C@H](O)CC[C@]4(C)C3C[C@H](O)[C@]12C. The van der Waals surface area contributed by atoms with Crippen molar-refractivity contribution in [1.82, 2.24) is 10.2 Å². The van der Waals surface area contributed by atoms with E-state index in [0.717, 1.165) is 51.1 Å². The summed E-state index contributed by atoms with van der Waals surface area (Å²) in [6, 6.07) is 0. The molecule has 0 aromatic heterocycles. The number of rotatable bonds is 7. The third kappa shape index (κ3) is 4.72. The number of aliphatic hydroxyl groups is 2. The Kier molecular flexibility index (Phi) is 7.61. The van der Waals surface area contributed by atoms with E-state index in [4.69, 9.17) is 0 Å². The van der Waals surface area contributed by atoms with Crippen molar-refractivity contribution in [2.75, 3.05) is 26.2 Å². The Balaban J connectivity index is 1.18. The standard InChI is InChI=1S/C30H52N2O3/c1-20(6-11-28(35)31-14-17-32-15-4-5-16-32)24-9-10-25-23-8-7-21-18-22(33)12-13-29(21,2)26(23)19-27(34)30(24,25)3/h20-27,33-34H,4-19H2,1-3H3,(H,31,35)/t20?,21?,22-,23?,24?,25?,26?,27+,29+,30-/m1/s1. The van der Waals surface area contributed by atoms with Crippen LogP contribution < -0.4 is 5.32 Å². The number of carbonyl (C=O) groups excluding carboxylic acids is 1. The van der Waals surface area contributed by atoms with Crippen LogP contribution >= 0.6 is 0 Å². The van der Waals surface area contributed by atoms with Gasteiger partial charge >= 0.3 is 0 Å². The first kappa shape index (κ1) is 26.0. The Morgan fingerprint density at radius 3 is 2.57 bits per heavy atom. The summed E-state index contributed by atoms with van der Waals surface area (Å²) in [5, 5.41) is 25.2. The van der Waals surface area contributed by atoms with Crippen LogP contribution in [0.3, 0.4) is 0 Å². The summed E-state index contributed by atoms with van der Waals surface area (Å²) in [6.07, 6.45) is 12.8. The quantitative estimate of drug-likeness (QED) is 0.489. The fourth-order valence-electron chi connectivity index (χ4n) is 10.2. The van der Waals surface area contributed by atoms with Gasteiger partial charge in [-0.2, -0.15) is 0 Å². The first-order chi connectivity index (χ1) is 16.7. The molecule has 0 aromatic carbocycles. The van der Waals surface area contributed by atoms with E-state index in [0.29, 0.717) is 41.4 Å². The van der Waals surface area contributed by atoms with Crippen LogP contribution in [0.5, 0.6) is 0 Å². The van der Waals surface area contributed by atoms with Crippen LogP contribution in [-0.2, 0) is 4.79 Å². The van der Waals surface area contributed by atoms with Crippen molar-refractivity contribution in [3.63, 3.8) is 0 Å². The molecule has 0 spiro atoms. The van der Waals surface area contributed by atoms with Crippen molar-refractivity contribution in [2.45, 2.75) is 110 Å². The Morgan fingerprint density at radius 1 is 1.03 bits per heavy atom. The molecular weight excluding hydrogens is 436 g/mol. The van der Waals surface area contributed by atoms with Crippen molar-refractivity contribution >= 4 is 5.91 Å². The van der Waals surface area contributed by atoms with E-state index < -0.39 is 0 Å². The van der Waals surface area contributed by atoms with Crippen molar-refractivity contribution in [3.05, 3.63) is 0 Å². The molecule has 0 bridgehead atoms. The molecule has 5 heteroatoms. The molecule has 1 amide bonds. The van der Waals surface area contributed by atoms with E-state index in [1.165, 1.54) is 51.6 Å². The lowest BCUT2D eigenvalue weighted by Crippen LogP contribution is -2.58. The Bertz CT molecular complexity index is 754. The highest BCUT2D eigenvalue weighted by molar-refractivity contribution is 5.75. The van der Waals surface area contributed by atoms with Gasteiger partial charge in [-0.1, -0.05) is 20.8 Å². The number of hydrogen-bond acceptors (Lipinski definition) is 4. The summed E-state index contributed by atoms with van der Waals surface area (Å²) < 4.78 is 0. The van der Waals surface area contributed by atoms with Gasteiger partial charge in [0.15, 0.2) is 0 Å². The van der Waals surface area contributed by atoms with Gasteiger partial charge in [0.25, 0.3) is 0 Å². The molecule has 35 heavy (non-hydrogen) atoms. The monoisotopic (exact) mass is 488 g/mol. The minimum Gasteiger partial charge on any atom is -0.393 e. The zero-order valence-corrected chi connectivity index (χ0v) is 22.7. The van der Waals surface area contributed by atoms with Crippen LogP contribution in [0.25, 0.3) is 0 Å². The maximum Gasteiger partial charge on any atom is 0.220 e. The number of likely N-dealkylation sites (tertiary alicyclic amines) is 1. The third-order valence-electron chi connectivity index (χ3n) is 12.3. The van der Waals surface area contributed by atoms with Crippen LogP contribution in [0.4, 0.5) is 0 Å². The van der Waals surface area contributed by atoms with Gasteiger partial charge in [-0.3, -0.25) is 4.79 Å². The summed E-state index contributed by atoms with van der Waals surface area (Å²) in [5.74, 6) is 3.76. The number of nitrogens with one attached hydrogen (secondary N) is 1. The van der Waals surface area contributed by atoms with E-state index in [1.807, 2.05) is 0 Å². The second-order valence-electron chi connectivity index (χ2n) is 13.8. The Hall–Kier alpha value is -0.650.